The second-order valence-corrected chi connectivity index (χ2v) is 5.44. The minimum absolute atomic E-state index is 0.00425. The van der Waals surface area contributed by atoms with Crippen molar-refractivity contribution in [3.63, 3.8) is 0 Å². The van der Waals surface area contributed by atoms with Crippen molar-refractivity contribution in [2.45, 2.75) is 46.5 Å². The molecule has 4 heteroatoms. The Balaban J connectivity index is 2.45. The van der Waals surface area contributed by atoms with Crippen molar-refractivity contribution < 1.29 is 14.7 Å². The van der Waals surface area contributed by atoms with Crippen molar-refractivity contribution in [1.29, 1.82) is 0 Å². The van der Waals surface area contributed by atoms with Crippen LogP contribution in [0.25, 0.3) is 0 Å². The van der Waals surface area contributed by atoms with Crippen LogP contribution in [0.5, 0.6) is 0 Å². The summed E-state index contributed by atoms with van der Waals surface area (Å²) in [6.07, 6.45) is 3.20. The molecule has 0 spiro atoms. The van der Waals surface area contributed by atoms with Crippen molar-refractivity contribution in [3.8, 4) is 0 Å². The van der Waals surface area contributed by atoms with Crippen LogP contribution < -0.4 is 5.32 Å². The maximum absolute atomic E-state index is 12.0. The zero-order chi connectivity index (χ0) is 13.1. The number of carbonyl (C=O) groups is 2. The molecule has 1 fully saturated rings. The van der Waals surface area contributed by atoms with Gasteiger partial charge in [0, 0.05) is 12.5 Å². The fraction of sp³-hybridized carbons (Fsp3) is 0.846. The van der Waals surface area contributed by atoms with Crippen molar-refractivity contribution in [3.05, 3.63) is 0 Å². The van der Waals surface area contributed by atoms with Crippen molar-refractivity contribution in [1.82, 2.24) is 5.32 Å². The summed E-state index contributed by atoms with van der Waals surface area (Å²) < 4.78 is 0. The number of hydrogen-bond donors (Lipinski definition) is 2. The van der Waals surface area contributed by atoms with Crippen LogP contribution >= 0.6 is 0 Å². The summed E-state index contributed by atoms with van der Waals surface area (Å²) in [5.74, 6) is -0.469. The first-order chi connectivity index (χ1) is 7.93. The third-order valence-electron chi connectivity index (χ3n) is 3.65. The summed E-state index contributed by atoms with van der Waals surface area (Å²) in [6.45, 7) is 6.41. The van der Waals surface area contributed by atoms with Crippen molar-refractivity contribution >= 4 is 11.9 Å². The van der Waals surface area contributed by atoms with Crippen LogP contribution in [0.1, 0.15) is 46.5 Å². The third kappa shape index (κ3) is 3.45. The van der Waals surface area contributed by atoms with Gasteiger partial charge in [0.2, 0.25) is 5.91 Å². The van der Waals surface area contributed by atoms with Gasteiger partial charge in [0.1, 0.15) is 0 Å². The molecule has 0 aliphatic heterocycles. The van der Waals surface area contributed by atoms with Gasteiger partial charge in [-0.15, -0.1) is 0 Å². The molecule has 1 amide bonds. The molecule has 0 saturated heterocycles. The summed E-state index contributed by atoms with van der Waals surface area (Å²) >= 11 is 0. The van der Waals surface area contributed by atoms with Gasteiger partial charge in [-0.2, -0.15) is 0 Å². The summed E-state index contributed by atoms with van der Waals surface area (Å²) in [4.78, 5) is 22.9. The zero-order valence-electron chi connectivity index (χ0n) is 11.0. The summed E-state index contributed by atoms with van der Waals surface area (Å²) in [6, 6.07) is 0. The topological polar surface area (TPSA) is 66.4 Å². The molecule has 0 bridgehead atoms. The number of carbonyl (C=O) groups excluding carboxylic acids is 1. The van der Waals surface area contributed by atoms with E-state index in [1.807, 2.05) is 13.8 Å². The number of amides is 1. The summed E-state index contributed by atoms with van der Waals surface area (Å²) in [5, 5.41) is 11.8. The summed E-state index contributed by atoms with van der Waals surface area (Å²) in [5.41, 5.74) is -0.663. The predicted octanol–water partition coefficient (Wildman–Crippen LogP) is 2.04. The molecule has 1 saturated carbocycles. The number of hydrogen-bond acceptors (Lipinski definition) is 2. The molecule has 0 aromatic carbocycles. The Morgan fingerprint density at radius 2 is 1.94 bits per heavy atom. The number of rotatable bonds is 7. The molecule has 1 atom stereocenters. The fourth-order valence-electron chi connectivity index (χ4n) is 2.08. The molecular formula is C13H23NO3. The SMILES string of the molecule is CCCC(C(=O)NCC1(C(=O)O)CC1)C(C)C. The van der Waals surface area contributed by atoms with Gasteiger partial charge in [-0.05, 0) is 25.2 Å². The minimum Gasteiger partial charge on any atom is -0.481 e. The lowest BCUT2D eigenvalue weighted by Crippen LogP contribution is -2.39. The van der Waals surface area contributed by atoms with Crippen molar-refractivity contribution in [2.75, 3.05) is 6.54 Å². The zero-order valence-corrected chi connectivity index (χ0v) is 11.0. The van der Waals surface area contributed by atoms with Gasteiger partial charge in [0.15, 0.2) is 0 Å². The number of carboxylic acid groups (broad SMARTS) is 1. The fourth-order valence-corrected chi connectivity index (χ4v) is 2.08. The summed E-state index contributed by atoms with van der Waals surface area (Å²) in [7, 11) is 0. The van der Waals surface area contributed by atoms with Crippen LogP contribution in [0, 0.1) is 17.3 Å². The highest BCUT2D eigenvalue weighted by Crippen LogP contribution is 2.45. The molecule has 1 aliphatic carbocycles. The smallest absolute Gasteiger partial charge is 0.311 e. The van der Waals surface area contributed by atoms with Crippen molar-refractivity contribution in [2.24, 2.45) is 17.3 Å². The Morgan fingerprint density at radius 3 is 2.29 bits per heavy atom. The normalized spacial score (nSPS) is 18.8. The molecule has 2 N–H and O–H groups in total. The first kappa shape index (κ1) is 14.0. The number of aliphatic carboxylic acids is 1. The average molecular weight is 241 g/mol. The van der Waals surface area contributed by atoms with Crippen LogP contribution in [0.4, 0.5) is 0 Å². The monoisotopic (exact) mass is 241 g/mol. The first-order valence-electron chi connectivity index (χ1n) is 6.44. The molecule has 1 unspecified atom stereocenters. The Hall–Kier alpha value is -1.06. The Labute approximate surface area is 103 Å². The van der Waals surface area contributed by atoms with Crippen LogP contribution in [-0.2, 0) is 9.59 Å². The van der Waals surface area contributed by atoms with Crippen LogP contribution in [-0.4, -0.2) is 23.5 Å². The predicted molar refractivity (Wildman–Crippen MR) is 65.5 cm³/mol. The molecule has 0 aromatic rings. The Bertz CT molecular complexity index is 295. The van der Waals surface area contributed by atoms with Gasteiger partial charge >= 0.3 is 5.97 Å². The van der Waals surface area contributed by atoms with E-state index >= 15 is 0 Å². The maximum atomic E-state index is 12.0. The van der Waals surface area contributed by atoms with E-state index in [9.17, 15) is 9.59 Å². The van der Waals surface area contributed by atoms with Crippen LogP contribution in [0.3, 0.4) is 0 Å². The van der Waals surface area contributed by atoms with Gasteiger partial charge in [-0.25, -0.2) is 0 Å². The highest BCUT2D eigenvalue weighted by molar-refractivity contribution is 5.82. The average Bonchev–Trinajstić information content (AvgIpc) is 3.03. The van der Waals surface area contributed by atoms with Crippen LogP contribution in [0.15, 0.2) is 0 Å². The van der Waals surface area contributed by atoms with E-state index in [4.69, 9.17) is 5.11 Å². The lowest BCUT2D eigenvalue weighted by atomic mass is 9.90. The van der Waals surface area contributed by atoms with E-state index < -0.39 is 11.4 Å². The van der Waals surface area contributed by atoms with E-state index in [1.165, 1.54) is 0 Å². The van der Waals surface area contributed by atoms with E-state index in [1.54, 1.807) is 0 Å². The van der Waals surface area contributed by atoms with E-state index in [2.05, 4.69) is 12.2 Å². The van der Waals surface area contributed by atoms with Gasteiger partial charge < -0.3 is 10.4 Å². The second kappa shape index (κ2) is 5.52. The Morgan fingerprint density at radius 1 is 1.35 bits per heavy atom. The molecule has 1 rings (SSSR count). The minimum atomic E-state index is -0.783. The van der Waals surface area contributed by atoms with E-state index in [-0.39, 0.29) is 18.4 Å². The standard InChI is InChI=1S/C13H23NO3/c1-4-5-10(9(2)3)11(15)14-8-13(6-7-13)12(16)17/h9-10H,4-8H2,1-3H3,(H,14,15)(H,16,17). The highest BCUT2D eigenvalue weighted by atomic mass is 16.4. The molecular weight excluding hydrogens is 218 g/mol. The van der Waals surface area contributed by atoms with Gasteiger partial charge in [-0.1, -0.05) is 27.2 Å². The lowest BCUT2D eigenvalue weighted by Gasteiger charge is -2.20. The molecule has 0 aromatic heterocycles. The van der Waals surface area contributed by atoms with Gasteiger partial charge in [0.05, 0.1) is 5.41 Å². The quantitative estimate of drug-likeness (QED) is 0.716. The maximum Gasteiger partial charge on any atom is 0.311 e. The van der Waals surface area contributed by atoms with E-state index in [0.29, 0.717) is 18.8 Å². The first-order valence-corrected chi connectivity index (χ1v) is 6.44. The molecule has 98 valence electrons. The highest BCUT2D eigenvalue weighted by Gasteiger charge is 2.50. The Kier molecular flexibility index (Phi) is 4.54. The number of nitrogens with one attached hydrogen (secondary N) is 1. The van der Waals surface area contributed by atoms with Gasteiger partial charge in [0.25, 0.3) is 0 Å². The van der Waals surface area contributed by atoms with Crippen LogP contribution in [0.2, 0.25) is 0 Å². The van der Waals surface area contributed by atoms with E-state index in [0.717, 1.165) is 12.8 Å². The lowest BCUT2D eigenvalue weighted by molar-refractivity contribution is -0.143. The molecule has 17 heavy (non-hydrogen) atoms. The molecule has 4 nitrogen and oxygen atoms in total. The second-order valence-electron chi connectivity index (χ2n) is 5.44. The molecule has 1 aliphatic rings. The van der Waals surface area contributed by atoms with Gasteiger partial charge in [-0.3, -0.25) is 9.59 Å². The third-order valence-corrected chi connectivity index (χ3v) is 3.65. The molecule has 0 heterocycles. The largest absolute Gasteiger partial charge is 0.481 e. The molecule has 0 radical (unpaired) electrons. The number of carboxylic acids is 1.